The maximum Gasteiger partial charge on any atom is 0.395 e. The lowest BCUT2D eigenvalue weighted by Crippen LogP contribution is -2.46. The van der Waals surface area contributed by atoms with Crippen molar-refractivity contribution in [2.24, 2.45) is 0 Å². The van der Waals surface area contributed by atoms with Crippen molar-refractivity contribution in [3.05, 3.63) is 26.6 Å². The predicted octanol–water partition coefficient (Wildman–Crippen LogP) is 5.63. The molecule has 1 aliphatic heterocycles. The molecule has 0 radical (unpaired) electrons. The summed E-state index contributed by atoms with van der Waals surface area (Å²) in [6.07, 6.45) is -4.61. The molecule has 3 atom stereocenters. The fourth-order valence-electron chi connectivity index (χ4n) is 3.21. The summed E-state index contributed by atoms with van der Waals surface area (Å²) in [5, 5.41) is 3.84. The largest absolute Gasteiger partial charge is 0.395 e. The van der Waals surface area contributed by atoms with Crippen LogP contribution in [0.15, 0.2) is 18.2 Å². The molecule has 1 saturated heterocycles. The fraction of sp³-hybridized carbons (Fsp3) is 0.529. The molecule has 1 aromatic carbocycles. The molecule has 2 aromatic rings. The Hall–Kier alpha value is -0.610. The van der Waals surface area contributed by atoms with Gasteiger partial charge in [0.15, 0.2) is 0 Å². The molecule has 2 heterocycles. The number of hydrogen-bond acceptors (Lipinski definition) is 3. The van der Waals surface area contributed by atoms with Crippen molar-refractivity contribution in [2.45, 2.75) is 37.7 Å². The van der Waals surface area contributed by atoms with Gasteiger partial charge >= 0.3 is 6.18 Å². The third-order valence-corrected chi connectivity index (χ3v) is 7.00. The number of nitrogens with zero attached hydrogens (tertiary/aromatic N) is 1. The number of likely N-dealkylation sites (tertiary alicyclic amines) is 1. The van der Waals surface area contributed by atoms with Crippen LogP contribution in [0, 0.1) is 2.88 Å². The summed E-state index contributed by atoms with van der Waals surface area (Å²) in [5.74, 6) is -1.53. The van der Waals surface area contributed by atoms with Gasteiger partial charge in [-0.15, -0.1) is 11.3 Å². The third-order valence-electron chi connectivity index (χ3n) is 4.72. The minimum Gasteiger partial charge on any atom is -0.378 e. The predicted molar refractivity (Wildman–Crippen MR) is 103 cm³/mol. The molecule has 25 heavy (non-hydrogen) atoms. The molecule has 0 amide bonds. The number of nitrogens with one attached hydrogen (secondary N) is 1. The van der Waals surface area contributed by atoms with Crippen LogP contribution in [0.4, 0.5) is 23.2 Å². The van der Waals surface area contributed by atoms with E-state index in [-0.39, 0.29) is 6.04 Å². The average Bonchev–Trinajstić information content (AvgIpc) is 2.85. The summed E-state index contributed by atoms with van der Waals surface area (Å²) in [7, 11) is 1.88. The highest BCUT2D eigenvalue weighted by Gasteiger charge is 2.40. The lowest BCUT2D eigenvalue weighted by molar-refractivity contribution is -0.146. The molecule has 3 unspecified atom stereocenters. The normalized spacial score (nSPS) is 23.8. The molecule has 1 aromatic heterocycles. The number of rotatable bonds is 3. The van der Waals surface area contributed by atoms with E-state index in [0.29, 0.717) is 26.8 Å². The zero-order valence-corrected chi connectivity index (χ0v) is 16.8. The molecule has 8 heteroatoms. The molecule has 0 bridgehead atoms. The van der Waals surface area contributed by atoms with Crippen molar-refractivity contribution < 1.29 is 17.6 Å². The molecule has 3 rings (SSSR count). The Kier molecular flexibility index (Phi) is 5.51. The average molecular weight is 486 g/mol. The molecule has 138 valence electrons. The monoisotopic (exact) mass is 486 g/mol. The Labute approximate surface area is 161 Å². The molecular formula is C17H19F4IN2S. The molecule has 2 nitrogen and oxygen atoms in total. The number of anilines is 1. The second-order valence-electron chi connectivity index (χ2n) is 6.55. The molecule has 0 saturated carbocycles. The molecule has 1 aliphatic rings. The van der Waals surface area contributed by atoms with E-state index in [4.69, 9.17) is 0 Å². The van der Waals surface area contributed by atoms with Crippen LogP contribution in [-0.4, -0.2) is 43.4 Å². The van der Waals surface area contributed by atoms with Crippen LogP contribution in [0.5, 0.6) is 0 Å². The van der Waals surface area contributed by atoms with Gasteiger partial charge in [-0.2, -0.15) is 13.2 Å². The standard InChI is InChI=1S/C17H19F4IN2S/c1-9(17(19,20)21)14-10-4-3-5-13(15(10)25-16(14)22)23-12-6-7-24(2)8-11(12)18/h3-5,9,11-12,23H,6-8H2,1-2H3. The Morgan fingerprint density at radius 3 is 2.72 bits per heavy atom. The molecule has 0 aliphatic carbocycles. The number of piperidine rings is 1. The number of thiophene rings is 1. The summed E-state index contributed by atoms with van der Waals surface area (Å²) in [6.45, 7) is 2.36. The summed E-state index contributed by atoms with van der Waals surface area (Å²) in [5.41, 5.74) is 1.04. The summed E-state index contributed by atoms with van der Waals surface area (Å²) in [4.78, 5) is 1.95. The van der Waals surface area contributed by atoms with Gasteiger partial charge < -0.3 is 10.2 Å². The van der Waals surface area contributed by atoms with Gasteiger partial charge in [-0.3, -0.25) is 0 Å². The minimum absolute atomic E-state index is 0.315. The number of fused-ring (bicyclic) bond motifs is 1. The molecule has 1 N–H and O–H groups in total. The van der Waals surface area contributed by atoms with E-state index < -0.39 is 18.3 Å². The van der Waals surface area contributed by atoms with E-state index in [1.165, 1.54) is 18.3 Å². The van der Waals surface area contributed by atoms with Crippen LogP contribution in [0.2, 0.25) is 0 Å². The third kappa shape index (κ3) is 3.90. The van der Waals surface area contributed by atoms with Crippen LogP contribution < -0.4 is 5.32 Å². The quantitative estimate of drug-likeness (QED) is 0.447. The maximum atomic E-state index is 14.3. The van der Waals surface area contributed by atoms with Gasteiger partial charge in [0.2, 0.25) is 0 Å². The highest BCUT2D eigenvalue weighted by molar-refractivity contribution is 14.1. The Bertz CT molecular complexity index is 761. The minimum atomic E-state index is -4.28. The summed E-state index contributed by atoms with van der Waals surface area (Å²) < 4.78 is 55.3. The SMILES string of the molecule is CC(c1c(I)sc2c(NC3CCN(C)CC3F)cccc12)C(F)(F)F. The van der Waals surface area contributed by atoms with Gasteiger partial charge in [0.1, 0.15) is 6.17 Å². The van der Waals surface area contributed by atoms with Gasteiger partial charge in [0, 0.05) is 13.1 Å². The summed E-state index contributed by atoms with van der Waals surface area (Å²) >= 11 is 3.30. The van der Waals surface area contributed by atoms with E-state index in [2.05, 4.69) is 5.32 Å². The fourth-order valence-corrected chi connectivity index (χ4v) is 5.73. The molecular weight excluding hydrogens is 467 g/mol. The van der Waals surface area contributed by atoms with Crippen LogP contribution in [0.25, 0.3) is 10.1 Å². The zero-order valence-electron chi connectivity index (χ0n) is 13.8. The highest BCUT2D eigenvalue weighted by Crippen LogP contribution is 2.45. The zero-order chi connectivity index (χ0) is 18.4. The first-order valence-electron chi connectivity index (χ1n) is 8.05. The van der Waals surface area contributed by atoms with Crippen molar-refractivity contribution in [2.75, 3.05) is 25.5 Å². The van der Waals surface area contributed by atoms with Crippen molar-refractivity contribution in [1.82, 2.24) is 4.90 Å². The lowest BCUT2D eigenvalue weighted by atomic mass is 9.99. The first-order valence-corrected chi connectivity index (χ1v) is 9.94. The van der Waals surface area contributed by atoms with Crippen molar-refractivity contribution in [1.29, 1.82) is 0 Å². The number of alkyl halides is 4. The van der Waals surface area contributed by atoms with E-state index in [1.54, 1.807) is 12.1 Å². The highest BCUT2D eigenvalue weighted by atomic mass is 127. The second-order valence-corrected chi connectivity index (χ2v) is 9.38. The Balaban J connectivity index is 1.96. The van der Waals surface area contributed by atoms with Crippen LogP contribution in [0.3, 0.4) is 0 Å². The van der Waals surface area contributed by atoms with Gasteiger partial charge in [-0.1, -0.05) is 12.1 Å². The van der Waals surface area contributed by atoms with E-state index in [1.807, 2.05) is 40.6 Å². The van der Waals surface area contributed by atoms with Gasteiger partial charge in [-0.25, -0.2) is 4.39 Å². The van der Waals surface area contributed by atoms with Crippen molar-refractivity contribution in [3.8, 4) is 0 Å². The van der Waals surface area contributed by atoms with Gasteiger partial charge in [0.05, 0.1) is 25.2 Å². The first kappa shape index (κ1) is 19.2. The topological polar surface area (TPSA) is 15.3 Å². The second kappa shape index (κ2) is 7.19. The van der Waals surface area contributed by atoms with Crippen LogP contribution in [-0.2, 0) is 0 Å². The molecule has 1 fully saturated rings. The van der Waals surface area contributed by atoms with E-state index in [0.717, 1.165) is 16.9 Å². The number of benzene rings is 1. The molecule has 0 spiro atoms. The Morgan fingerprint density at radius 2 is 2.08 bits per heavy atom. The van der Waals surface area contributed by atoms with E-state index >= 15 is 0 Å². The maximum absolute atomic E-state index is 14.3. The number of hydrogen-bond donors (Lipinski definition) is 1. The lowest BCUT2D eigenvalue weighted by Gasteiger charge is -2.33. The smallest absolute Gasteiger partial charge is 0.378 e. The van der Waals surface area contributed by atoms with Crippen LogP contribution >= 0.6 is 33.9 Å². The van der Waals surface area contributed by atoms with Gasteiger partial charge in [0.25, 0.3) is 0 Å². The van der Waals surface area contributed by atoms with Crippen molar-refractivity contribution >= 4 is 49.7 Å². The number of halogens is 5. The van der Waals surface area contributed by atoms with Crippen molar-refractivity contribution in [3.63, 3.8) is 0 Å². The Morgan fingerprint density at radius 1 is 1.36 bits per heavy atom. The van der Waals surface area contributed by atoms with Crippen LogP contribution in [0.1, 0.15) is 24.8 Å². The van der Waals surface area contributed by atoms with E-state index in [9.17, 15) is 17.6 Å². The summed E-state index contributed by atoms with van der Waals surface area (Å²) in [6, 6.07) is 4.97. The first-order chi connectivity index (χ1) is 11.7. The van der Waals surface area contributed by atoms with Gasteiger partial charge in [-0.05, 0) is 60.0 Å².